The summed E-state index contributed by atoms with van der Waals surface area (Å²) < 4.78 is 0. The summed E-state index contributed by atoms with van der Waals surface area (Å²) >= 11 is 0. The third kappa shape index (κ3) is 3.45. The smallest absolute Gasteiger partial charge is 0.253 e. The first-order valence-electron chi connectivity index (χ1n) is 6.37. The molecule has 3 N–H and O–H groups in total. The predicted molar refractivity (Wildman–Crippen MR) is 75.8 cm³/mol. The second kappa shape index (κ2) is 6.20. The summed E-state index contributed by atoms with van der Waals surface area (Å²) in [7, 11) is 1.83. The number of carbonyl (C=O) groups is 1. The molecular weight excluding hydrogens is 238 g/mol. The molecule has 0 aliphatic rings. The number of rotatable bonds is 5. The molecule has 0 saturated carbocycles. The molecule has 1 heterocycles. The molecule has 2 aromatic rings. The van der Waals surface area contributed by atoms with Gasteiger partial charge in [-0.05, 0) is 35.7 Å². The van der Waals surface area contributed by atoms with Gasteiger partial charge in [0, 0.05) is 38.1 Å². The first-order chi connectivity index (χ1) is 9.20. The molecule has 2 rings (SSSR count). The van der Waals surface area contributed by atoms with Crippen molar-refractivity contribution in [2.75, 3.05) is 13.6 Å². The zero-order valence-corrected chi connectivity index (χ0v) is 11.1. The van der Waals surface area contributed by atoms with E-state index >= 15 is 0 Å². The molecule has 0 atom stereocenters. The Morgan fingerprint density at radius 2 is 1.95 bits per heavy atom. The Morgan fingerprint density at radius 3 is 2.53 bits per heavy atom. The molecule has 0 fully saturated rings. The Kier molecular flexibility index (Phi) is 4.36. The number of benzene rings is 1. The van der Waals surface area contributed by atoms with Gasteiger partial charge in [0.05, 0.1) is 0 Å². The van der Waals surface area contributed by atoms with Gasteiger partial charge in [-0.1, -0.05) is 12.1 Å². The molecule has 1 amide bonds. The van der Waals surface area contributed by atoms with E-state index in [2.05, 4.69) is 4.98 Å². The van der Waals surface area contributed by atoms with Crippen LogP contribution in [0.4, 0.5) is 0 Å². The number of likely N-dealkylation sites (N-methyl/N-ethyl adjacent to an activating group) is 1. The number of nitrogens with two attached hydrogens (primary N) is 1. The van der Waals surface area contributed by atoms with Crippen LogP contribution in [0.3, 0.4) is 0 Å². The van der Waals surface area contributed by atoms with E-state index in [0.29, 0.717) is 18.7 Å². The predicted octanol–water partition coefficient (Wildman–Crippen LogP) is 1.79. The fraction of sp³-hybridized carbons (Fsp3) is 0.267. The highest BCUT2D eigenvalue weighted by Gasteiger charge is 2.11. The van der Waals surface area contributed by atoms with Crippen LogP contribution in [0.25, 0.3) is 0 Å². The monoisotopic (exact) mass is 257 g/mol. The van der Waals surface area contributed by atoms with Crippen LogP contribution in [0.1, 0.15) is 21.5 Å². The SMILES string of the molecule is CN(CCc1cc[nH]c1)C(=O)c1ccc(CN)cc1. The maximum absolute atomic E-state index is 12.2. The van der Waals surface area contributed by atoms with Crippen molar-refractivity contribution >= 4 is 5.91 Å². The lowest BCUT2D eigenvalue weighted by Crippen LogP contribution is -2.28. The van der Waals surface area contributed by atoms with Gasteiger partial charge in [0.15, 0.2) is 0 Å². The lowest BCUT2D eigenvalue weighted by atomic mass is 10.1. The van der Waals surface area contributed by atoms with E-state index in [-0.39, 0.29) is 5.91 Å². The van der Waals surface area contributed by atoms with Crippen LogP contribution in [-0.4, -0.2) is 29.4 Å². The molecule has 1 aromatic carbocycles. The van der Waals surface area contributed by atoms with E-state index < -0.39 is 0 Å². The average molecular weight is 257 g/mol. The van der Waals surface area contributed by atoms with Gasteiger partial charge in [-0.15, -0.1) is 0 Å². The van der Waals surface area contributed by atoms with E-state index in [1.54, 1.807) is 4.90 Å². The molecule has 4 nitrogen and oxygen atoms in total. The highest BCUT2D eigenvalue weighted by Crippen LogP contribution is 2.07. The quantitative estimate of drug-likeness (QED) is 0.857. The highest BCUT2D eigenvalue weighted by molar-refractivity contribution is 5.94. The Bertz CT molecular complexity index is 517. The number of aromatic nitrogens is 1. The van der Waals surface area contributed by atoms with Gasteiger partial charge in [0.1, 0.15) is 0 Å². The molecule has 0 unspecified atom stereocenters. The summed E-state index contributed by atoms with van der Waals surface area (Å²) in [5, 5.41) is 0. The summed E-state index contributed by atoms with van der Waals surface area (Å²) in [6.45, 7) is 1.20. The second-order valence-electron chi connectivity index (χ2n) is 4.60. The molecule has 0 bridgehead atoms. The van der Waals surface area contributed by atoms with Crippen molar-refractivity contribution in [3.05, 3.63) is 59.4 Å². The van der Waals surface area contributed by atoms with Crippen molar-refractivity contribution in [3.63, 3.8) is 0 Å². The molecular formula is C15H19N3O. The van der Waals surface area contributed by atoms with Crippen LogP contribution >= 0.6 is 0 Å². The molecule has 0 saturated heterocycles. The zero-order valence-electron chi connectivity index (χ0n) is 11.1. The third-order valence-electron chi connectivity index (χ3n) is 3.18. The minimum absolute atomic E-state index is 0.0408. The lowest BCUT2D eigenvalue weighted by Gasteiger charge is -2.17. The Morgan fingerprint density at radius 1 is 1.21 bits per heavy atom. The fourth-order valence-electron chi connectivity index (χ4n) is 1.92. The minimum Gasteiger partial charge on any atom is -0.367 e. The van der Waals surface area contributed by atoms with Crippen molar-refractivity contribution in [3.8, 4) is 0 Å². The molecule has 0 radical (unpaired) electrons. The molecule has 1 aromatic heterocycles. The van der Waals surface area contributed by atoms with E-state index in [4.69, 9.17) is 5.73 Å². The van der Waals surface area contributed by atoms with Crippen LogP contribution in [0.5, 0.6) is 0 Å². The number of nitrogens with zero attached hydrogens (tertiary/aromatic N) is 1. The number of hydrogen-bond acceptors (Lipinski definition) is 2. The summed E-state index contributed by atoms with van der Waals surface area (Å²) in [5.74, 6) is 0.0408. The molecule has 4 heteroatoms. The number of H-pyrrole nitrogens is 1. The van der Waals surface area contributed by atoms with E-state index in [0.717, 1.165) is 12.0 Å². The van der Waals surface area contributed by atoms with Gasteiger partial charge >= 0.3 is 0 Å². The summed E-state index contributed by atoms with van der Waals surface area (Å²) in [6, 6.07) is 9.48. The van der Waals surface area contributed by atoms with Crippen molar-refractivity contribution < 1.29 is 4.79 Å². The van der Waals surface area contributed by atoms with Crippen molar-refractivity contribution in [1.29, 1.82) is 0 Å². The minimum atomic E-state index is 0.0408. The number of nitrogens with one attached hydrogen (secondary N) is 1. The summed E-state index contributed by atoms with van der Waals surface area (Å²) in [6.07, 6.45) is 4.70. The lowest BCUT2D eigenvalue weighted by molar-refractivity contribution is 0.0796. The summed E-state index contributed by atoms with van der Waals surface area (Å²) in [5.41, 5.74) is 8.48. The van der Waals surface area contributed by atoms with Crippen LogP contribution in [0.2, 0.25) is 0 Å². The fourth-order valence-corrected chi connectivity index (χ4v) is 1.92. The molecule has 19 heavy (non-hydrogen) atoms. The van der Waals surface area contributed by atoms with Gasteiger partial charge in [-0.3, -0.25) is 4.79 Å². The van der Waals surface area contributed by atoms with Gasteiger partial charge in [0.2, 0.25) is 0 Å². The zero-order chi connectivity index (χ0) is 13.7. The normalized spacial score (nSPS) is 10.4. The molecule has 100 valence electrons. The average Bonchev–Trinajstić information content (AvgIpc) is 2.97. The Labute approximate surface area is 113 Å². The first kappa shape index (κ1) is 13.4. The second-order valence-corrected chi connectivity index (χ2v) is 4.60. The van der Waals surface area contributed by atoms with Crippen molar-refractivity contribution in [1.82, 2.24) is 9.88 Å². The van der Waals surface area contributed by atoms with Gasteiger partial charge < -0.3 is 15.6 Å². The van der Waals surface area contributed by atoms with E-state index in [1.165, 1.54) is 5.56 Å². The van der Waals surface area contributed by atoms with E-state index in [9.17, 15) is 4.79 Å². The largest absolute Gasteiger partial charge is 0.367 e. The third-order valence-corrected chi connectivity index (χ3v) is 3.18. The van der Waals surface area contributed by atoms with Crippen LogP contribution in [0.15, 0.2) is 42.7 Å². The van der Waals surface area contributed by atoms with Gasteiger partial charge in [-0.2, -0.15) is 0 Å². The number of amides is 1. The van der Waals surface area contributed by atoms with Gasteiger partial charge in [0.25, 0.3) is 5.91 Å². The standard InChI is InChI=1S/C15H19N3O/c1-18(9-7-13-6-8-17-11-13)15(19)14-4-2-12(10-16)3-5-14/h2-6,8,11,17H,7,9-10,16H2,1H3. The highest BCUT2D eigenvalue weighted by atomic mass is 16.2. The number of carbonyl (C=O) groups excluding carboxylic acids is 1. The van der Waals surface area contributed by atoms with Crippen LogP contribution in [-0.2, 0) is 13.0 Å². The van der Waals surface area contributed by atoms with E-state index in [1.807, 2.05) is 49.8 Å². The van der Waals surface area contributed by atoms with Gasteiger partial charge in [-0.25, -0.2) is 0 Å². The van der Waals surface area contributed by atoms with Crippen LogP contribution < -0.4 is 5.73 Å². The number of hydrogen-bond donors (Lipinski definition) is 2. The van der Waals surface area contributed by atoms with Crippen LogP contribution in [0, 0.1) is 0 Å². The number of aromatic amines is 1. The Hall–Kier alpha value is -2.07. The molecule has 0 aliphatic carbocycles. The maximum atomic E-state index is 12.2. The molecule has 0 aliphatic heterocycles. The maximum Gasteiger partial charge on any atom is 0.253 e. The van der Waals surface area contributed by atoms with Crippen molar-refractivity contribution in [2.45, 2.75) is 13.0 Å². The summed E-state index contributed by atoms with van der Waals surface area (Å²) in [4.78, 5) is 16.9. The Balaban J connectivity index is 1.94. The first-order valence-corrected chi connectivity index (χ1v) is 6.37. The molecule has 0 spiro atoms. The van der Waals surface area contributed by atoms with Crippen molar-refractivity contribution in [2.24, 2.45) is 5.73 Å². The topological polar surface area (TPSA) is 62.1 Å².